The summed E-state index contributed by atoms with van der Waals surface area (Å²) >= 11 is 0. The van der Waals surface area contributed by atoms with Gasteiger partial charge in [0.2, 0.25) is 11.8 Å². The Morgan fingerprint density at radius 1 is 1.09 bits per heavy atom. The molecule has 166 valence electrons. The zero-order valence-electron chi connectivity index (χ0n) is 18.2. The SMILES string of the molecule is COc1cc(/C=C/C(=O)NCC(=O)Nc2ccccc2)ccc1OCc1c(C)noc1C. The highest BCUT2D eigenvalue weighted by molar-refractivity contribution is 5.98. The standard InChI is InChI=1S/C24H25N3O5/c1-16-20(17(2)32-27-16)15-31-21-11-9-18(13-22(21)30-3)10-12-23(28)25-14-24(29)26-19-7-5-4-6-8-19/h4-13H,14-15H2,1-3H3,(H,25,28)(H,26,29)/b12-10+. The molecule has 2 aromatic carbocycles. The van der Waals surface area contributed by atoms with Gasteiger partial charge in [-0.15, -0.1) is 0 Å². The number of hydrogen-bond acceptors (Lipinski definition) is 6. The van der Waals surface area contributed by atoms with Crippen LogP contribution in [0.15, 0.2) is 59.1 Å². The zero-order valence-corrected chi connectivity index (χ0v) is 18.2. The van der Waals surface area contributed by atoms with Crippen LogP contribution in [0.1, 0.15) is 22.6 Å². The summed E-state index contributed by atoms with van der Waals surface area (Å²) in [6, 6.07) is 14.4. The van der Waals surface area contributed by atoms with Crippen molar-refractivity contribution in [3.8, 4) is 11.5 Å². The summed E-state index contributed by atoms with van der Waals surface area (Å²) in [5, 5.41) is 9.17. The topological polar surface area (TPSA) is 103 Å². The summed E-state index contributed by atoms with van der Waals surface area (Å²) in [5.74, 6) is 1.11. The van der Waals surface area contributed by atoms with E-state index in [0.29, 0.717) is 29.6 Å². The first-order chi connectivity index (χ1) is 15.5. The smallest absolute Gasteiger partial charge is 0.244 e. The number of aromatic nitrogens is 1. The second-order valence-electron chi connectivity index (χ2n) is 6.97. The Morgan fingerprint density at radius 2 is 1.88 bits per heavy atom. The fourth-order valence-electron chi connectivity index (χ4n) is 2.89. The number of carbonyl (C=O) groups excluding carboxylic acids is 2. The van der Waals surface area contributed by atoms with Gasteiger partial charge >= 0.3 is 0 Å². The molecule has 3 rings (SSSR count). The van der Waals surface area contributed by atoms with Gasteiger partial charge in [0.1, 0.15) is 12.4 Å². The summed E-state index contributed by atoms with van der Waals surface area (Å²) in [5.41, 5.74) is 3.09. The molecular weight excluding hydrogens is 410 g/mol. The molecule has 0 aliphatic carbocycles. The lowest BCUT2D eigenvalue weighted by molar-refractivity contribution is -0.121. The van der Waals surface area contributed by atoms with Crippen molar-refractivity contribution >= 4 is 23.6 Å². The van der Waals surface area contributed by atoms with Gasteiger partial charge in [0.15, 0.2) is 11.5 Å². The molecule has 0 atom stereocenters. The fourth-order valence-corrected chi connectivity index (χ4v) is 2.89. The van der Waals surface area contributed by atoms with E-state index < -0.39 is 0 Å². The molecular formula is C24H25N3O5. The maximum Gasteiger partial charge on any atom is 0.244 e. The molecule has 1 heterocycles. The van der Waals surface area contributed by atoms with Crippen molar-refractivity contribution in [1.82, 2.24) is 10.5 Å². The Hall–Kier alpha value is -4.07. The first kappa shape index (κ1) is 22.6. The zero-order chi connectivity index (χ0) is 22.9. The molecule has 0 aliphatic heterocycles. The first-order valence-corrected chi connectivity index (χ1v) is 9.99. The third-order valence-corrected chi connectivity index (χ3v) is 4.65. The van der Waals surface area contributed by atoms with Crippen LogP contribution in [0.4, 0.5) is 5.69 Å². The summed E-state index contributed by atoms with van der Waals surface area (Å²) in [7, 11) is 1.55. The number of para-hydroxylation sites is 1. The third-order valence-electron chi connectivity index (χ3n) is 4.65. The van der Waals surface area contributed by atoms with Crippen molar-refractivity contribution in [1.29, 1.82) is 0 Å². The number of hydrogen-bond donors (Lipinski definition) is 2. The normalized spacial score (nSPS) is 10.7. The molecule has 0 spiro atoms. The summed E-state index contributed by atoms with van der Waals surface area (Å²) in [6.07, 6.45) is 2.99. The number of ether oxygens (including phenoxy) is 2. The van der Waals surface area contributed by atoms with E-state index in [1.807, 2.05) is 32.0 Å². The molecule has 0 fully saturated rings. The van der Waals surface area contributed by atoms with Crippen LogP contribution in [0.3, 0.4) is 0 Å². The molecule has 0 saturated heterocycles. The van der Waals surface area contributed by atoms with Gasteiger partial charge < -0.3 is 24.6 Å². The molecule has 0 saturated carbocycles. The van der Waals surface area contributed by atoms with E-state index >= 15 is 0 Å². The third kappa shape index (κ3) is 6.21. The van der Waals surface area contributed by atoms with Crippen LogP contribution in [0.5, 0.6) is 11.5 Å². The number of rotatable bonds is 9. The van der Waals surface area contributed by atoms with Gasteiger partial charge in [-0.1, -0.05) is 29.4 Å². The molecule has 0 aliphatic rings. The molecule has 1 aromatic heterocycles. The van der Waals surface area contributed by atoms with Crippen molar-refractivity contribution in [2.24, 2.45) is 0 Å². The van der Waals surface area contributed by atoms with Crippen molar-refractivity contribution < 1.29 is 23.6 Å². The van der Waals surface area contributed by atoms with Crippen molar-refractivity contribution in [2.75, 3.05) is 19.0 Å². The highest BCUT2D eigenvalue weighted by Gasteiger charge is 2.12. The van der Waals surface area contributed by atoms with Crippen LogP contribution in [-0.4, -0.2) is 30.6 Å². The Kier molecular flexibility index (Phi) is 7.64. The van der Waals surface area contributed by atoms with Gasteiger partial charge in [0.25, 0.3) is 0 Å². The van der Waals surface area contributed by atoms with Gasteiger partial charge in [-0.3, -0.25) is 9.59 Å². The molecule has 0 radical (unpaired) electrons. The Morgan fingerprint density at radius 3 is 2.56 bits per heavy atom. The molecule has 2 N–H and O–H groups in total. The maximum absolute atomic E-state index is 12.0. The monoisotopic (exact) mass is 435 g/mol. The van der Waals surface area contributed by atoms with E-state index in [1.165, 1.54) is 6.08 Å². The van der Waals surface area contributed by atoms with E-state index in [9.17, 15) is 9.59 Å². The Balaban J connectivity index is 1.53. The minimum atomic E-state index is -0.383. The Bertz CT molecular complexity index is 1090. The lowest BCUT2D eigenvalue weighted by Gasteiger charge is -2.11. The predicted molar refractivity (Wildman–Crippen MR) is 120 cm³/mol. The van der Waals surface area contributed by atoms with Crippen LogP contribution in [0, 0.1) is 13.8 Å². The lowest BCUT2D eigenvalue weighted by Crippen LogP contribution is -2.31. The largest absolute Gasteiger partial charge is 0.493 e. The number of nitrogens with zero attached hydrogens (tertiary/aromatic N) is 1. The van der Waals surface area contributed by atoms with E-state index in [2.05, 4.69) is 15.8 Å². The quantitative estimate of drug-likeness (QED) is 0.498. The number of carbonyl (C=O) groups is 2. The minimum absolute atomic E-state index is 0.129. The number of anilines is 1. The second-order valence-corrected chi connectivity index (χ2v) is 6.97. The summed E-state index contributed by atoms with van der Waals surface area (Å²) in [4.78, 5) is 24.0. The number of aryl methyl sites for hydroxylation is 2. The van der Waals surface area contributed by atoms with Crippen molar-refractivity contribution in [2.45, 2.75) is 20.5 Å². The van der Waals surface area contributed by atoms with E-state index in [0.717, 1.165) is 16.8 Å². The molecule has 0 bridgehead atoms. The van der Waals surface area contributed by atoms with Crippen molar-refractivity contribution in [3.63, 3.8) is 0 Å². The summed E-state index contributed by atoms with van der Waals surface area (Å²) < 4.78 is 16.4. The molecule has 8 nitrogen and oxygen atoms in total. The first-order valence-electron chi connectivity index (χ1n) is 9.99. The highest BCUT2D eigenvalue weighted by Crippen LogP contribution is 2.30. The Labute approximate surface area is 186 Å². The van der Waals surface area contributed by atoms with Gasteiger partial charge in [0, 0.05) is 11.8 Å². The molecule has 32 heavy (non-hydrogen) atoms. The van der Waals surface area contributed by atoms with Gasteiger partial charge in [-0.25, -0.2) is 0 Å². The molecule has 2 amide bonds. The van der Waals surface area contributed by atoms with Crippen LogP contribution in [0.25, 0.3) is 6.08 Å². The van der Waals surface area contributed by atoms with Gasteiger partial charge in [-0.05, 0) is 49.8 Å². The van der Waals surface area contributed by atoms with E-state index in [1.54, 1.807) is 43.5 Å². The van der Waals surface area contributed by atoms with Crippen molar-refractivity contribution in [3.05, 3.63) is 77.2 Å². The average Bonchev–Trinajstić information content (AvgIpc) is 3.12. The number of methoxy groups -OCH3 is 1. The molecule has 3 aromatic rings. The van der Waals surface area contributed by atoms with Gasteiger partial charge in [-0.2, -0.15) is 0 Å². The molecule has 0 unspecified atom stereocenters. The maximum atomic E-state index is 12.0. The number of nitrogens with one attached hydrogen (secondary N) is 2. The highest BCUT2D eigenvalue weighted by atomic mass is 16.5. The summed E-state index contributed by atoms with van der Waals surface area (Å²) in [6.45, 7) is 3.87. The number of benzene rings is 2. The predicted octanol–water partition coefficient (Wildman–Crippen LogP) is 3.65. The van der Waals surface area contributed by atoms with Crippen LogP contribution in [-0.2, 0) is 16.2 Å². The average molecular weight is 435 g/mol. The van der Waals surface area contributed by atoms with E-state index in [-0.39, 0.29) is 18.4 Å². The van der Waals surface area contributed by atoms with Crippen LogP contribution >= 0.6 is 0 Å². The van der Waals surface area contributed by atoms with Crippen LogP contribution in [0.2, 0.25) is 0 Å². The fraction of sp³-hybridized carbons (Fsp3) is 0.208. The molecule has 8 heteroatoms. The second kappa shape index (κ2) is 10.8. The van der Waals surface area contributed by atoms with Crippen LogP contribution < -0.4 is 20.1 Å². The number of amides is 2. The van der Waals surface area contributed by atoms with E-state index in [4.69, 9.17) is 14.0 Å². The minimum Gasteiger partial charge on any atom is -0.493 e. The van der Waals surface area contributed by atoms with Gasteiger partial charge in [0.05, 0.1) is 24.9 Å². The lowest BCUT2D eigenvalue weighted by atomic mass is 10.2.